The molecule has 0 atom stereocenters. The molecule has 1 heterocycles. The predicted octanol–water partition coefficient (Wildman–Crippen LogP) is 16.7. The van der Waals surface area contributed by atoms with Gasteiger partial charge in [-0.15, -0.1) is 0 Å². The third-order valence-corrected chi connectivity index (χ3v) is 12.2. The summed E-state index contributed by atoms with van der Waals surface area (Å²) in [5.74, 6) is 0. The number of hydrogen-bond donors (Lipinski definition) is 0. The van der Waals surface area contributed by atoms with Gasteiger partial charge in [0.05, 0.1) is 5.69 Å². The third-order valence-electron chi connectivity index (χ3n) is 12.2. The highest BCUT2D eigenvalue weighted by Crippen LogP contribution is 2.47. The lowest BCUT2D eigenvalue weighted by Gasteiger charge is -2.28. The molecule has 0 aliphatic rings. The van der Waals surface area contributed by atoms with Gasteiger partial charge in [0.2, 0.25) is 0 Å². The van der Waals surface area contributed by atoms with Crippen molar-refractivity contribution < 1.29 is 4.42 Å². The van der Waals surface area contributed by atoms with Gasteiger partial charge in [-0.2, -0.15) is 0 Å². The fourth-order valence-electron chi connectivity index (χ4n) is 9.50. The van der Waals surface area contributed by atoms with Crippen molar-refractivity contribution in [1.29, 1.82) is 0 Å². The average molecular weight is 764 g/mol. The summed E-state index contributed by atoms with van der Waals surface area (Å²) in [4.78, 5) is 2.43. The summed E-state index contributed by atoms with van der Waals surface area (Å²) in [6.07, 6.45) is 0. The maximum absolute atomic E-state index is 6.32. The summed E-state index contributed by atoms with van der Waals surface area (Å²) in [5, 5.41) is 12.1. The molecule has 0 radical (unpaired) electrons. The molecule has 0 unspecified atom stereocenters. The Morgan fingerprint density at radius 3 is 1.57 bits per heavy atom. The zero-order chi connectivity index (χ0) is 39.6. The van der Waals surface area contributed by atoms with Crippen LogP contribution in [-0.4, -0.2) is 0 Å². The number of hydrogen-bond acceptors (Lipinski definition) is 2. The highest BCUT2D eigenvalue weighted by molar-refractivity contribution is 6.22. The number of fused-ring (bicyclic) bond motifs is 9. The maximum Gasteiger partial charge on any atom is 0.135 e. The molecule has 12 aromatic rings. The van der Waals surface area contributed by atoms with Gasteiger partial charge in [0.25, 0.3) is 0 Å². The van der Waals surface area contributed by atoms with E-state index in [1.165, 1.54) is 65.3 Å². The predicted molar refractivity (Wildman–Crippen MR) is 255 cm³/mol. The van der Waals surface area contributed by atoms with Crippen LogP contribution in [0.25, 0.3) is 98.4 Å². The number of benzene rings is 11. The summed E-state index contributed by atoms with van der Waals surface area (Å²) >= 11 is 0. The number of para-hydroxylation sites is 1. The second-order valence-corrected chi connectivity index (χ2v) is 15.6. The van der Waals surface area contributed by atoms with E-state index in [9.17, 15) is 0 Å². The number of furan rings is 1. The molecule has 0 saturated carbocycles. The number of rotatable bonds is 6. The number of nitrogens with zero attached hydrogens (tertiary/aromatic N) is 1. The van der Waals surface area contributed by atoms with E-state index in [2.05, 4.69) is 217 Å². The first-order valence-corrected chi connectivity index (χ1v) is 20.6. The first-order valence-electron chi connectivity index (χ1n) is 20.6. The average Bonchev–Trinajstić information content (AvgIpc) is 3.70. The summed E-state index contributed by atoms with van der Waals surface area (Å²) in [7, 11) is 0. The monoisotopic (exact) mass is 763 g/mol. The van der Waals surface area contributed by atoms with Crippen molar-refractivity contribution in [3.05, 3.63) is 224 Å². The second-order valence-electron chi connectivity index (χ2n) is 15.6. The SMILES string of the molecule is c1ccc(-c2c(-c3ccccc3)c3cc(-c4cccc(N(c5ccc6oc7ccccc7c6c5)c5cc6ccccc6c6ccccc56)c4)ccc3c3ccccc23)cc1. The number of anilines is 3. The fraction of sp³-hybridized carbons (Fsp3) is 0. The molecule has 0 spiro atoms. The van der Waals surface area contributed by atoms with Gasteiger partial charge in [-0.25, -0.2) is 0 Å². The fourth-order valence-corrected chi connectivity index (χ4v) is 9.50. The van der Waals surface area contributed by atoms with E-state index in [1.54, 1.807) is 0 Å². The van der Waals surface area contributed by atoms with Crippen LogP contribution >= 0.6 is 0 Å². The molecule has 0 amide bonds. The Morgan fingerprint density at radius 1 is 0.267 bits per heavy atom. The molecule has 1 aromatic heterocycles. The van der Waals surface area contributed by atoms with Crippen LogP contribution in [0.5, 0.6) is 0 Å². The van der Waals surface area contributed by atoms with Crippen LogP contribution in [0.1, 0.15) is 0 Å². The molecule has 0 saturated heterocycles. The van der Waals surface area contributed by atoms with Crippen molar-refractivity contribution in [2.24, 2.45) is 0 Å². The maximum atomic E-state index is 6.32. The van der Waals surface area contributed by atoms with Gasteiger partial charge in [-0.1, -0.05) is 176 Å². The first kappa shape index (κ1) is 34.1. The van der Waals surface area contributed by atoms with Gasteiger partial charge < -0.3 is 9.32 Å². The molecule has 0 N–H and O–H groups in total. The van der Waals surface area contributed by atoms with Crippen LogP contribution in [0.2, 0.25) is 0 Å². The standard InChI is InChI=1S/C58H37NO/c1-3-16-38(17-4-1)57-51-28-12-10-25-47(51)48-32-30-41(35-53(48)58(57)39-18-5-2-6-19-39)40-21-15-22-43(34-40)59(44-31-33-56-52(37-44)50-27-13-14-29-55(50)60-56)54-36-42-20-7-8-23-45(42)46-24-9-11-26-49(46)54/h1-37H. The van der Waals surface area contributed by atoms with Crippen molar-refractivity contribution in [3.8, 4) is 33.4 Å². The molecule has 11 aromatic carbocycles. The summed E-state index contributed by atoms with van der Waals surface area (Å²) in [6, 6.07) is 81.4. The van der Waals surface area contributed by atoms with E-state index < -0.39 is 0 Å². The highest BCUT2D eigenvalue weighted by Gasteiger charge is 2.21. The Morgan fingerprint density at radius 2 is 0.800 bits per heavy atom. The summed E-state index contributed by atoms with van der Waals surface area (Å²) in [6.45, 7) is 0. The zero-order valence-corrected chi connectivity index (χ0v) is 32.7. The lowest BCUT2D eigenvalue weighted by Crippen LogP contribution is -2.10. The minimum Gasteiger partial charge on any atom is -0.456 e. The lowest BCUT2D eigenvalue weighted by molar-refractivity contribution is 0.669. The van der Waals surface area contributed by atoms with Crippen LogP contribution in [0.15, 0.2) is 229 Å². The summed E-state index contributed by atoms with van der Waals surface area (Å²) < 4.78 is 6.32. The summed E-state index contributed by atoms with van der Waals surface area (Å²) in [5.41, 5.74) is 12.3. The normalized spacial score (nSPS) is 11.7. The molecule has 2 nitrogen and oxygen atoms in total. The van der Waals surface area contributed by atoms with Crippen molar-refractivity contribution in [2.45, 2.75) is 0 Å². The van der Waals surface area contributed by atoms with Crippen LogP contribution in [0, 0.1) is 0 Å². The van der Waals surface area contributed by atoms with E-state index in [-0.39, 0.29) is 0 Å². The van der Waals surface area contributed by atoms with E-state index in [4.69, 9.17) is 4.42 Å². The van der Waals surface area contributed by atoms with E-state index in [0.29, 0.717) is 0 Å². The Labute approximate surface area is 347 Å². The zero-order valence-electron chi connectivity index (χ0n) is 32.7. The van der Waals surface area contributed by atoms with Crippen LogP contribution < -0.4 is 4.90 Å². The van der Waals surface area contributed by atoms with Crippen molar-refractivity contribution in [1.82, 2.24) is 0 Å². The topological polar surface area (TPSA) is 16.4 Å². The Bertz CT molecular complexity index is 3600. The Balaban J connectivity index is 1.11. The largest absolute Gasteiger partial charge is 0.456 e. The minimum absolute atomic E-state index is 0.879. The van der Waals surface area contributed by atoms with Gasteiger partial charge in [0, 0.05) is 27.5 Å². The van der Waals surface area contributed by atoms with Gasteiger partial charge in [0.15, 0.2) is 0 Å². The molecule has 0 fully saturated rings. The third kappa shape index (κ3) is 5.50. The van der Waals surface area contributed by atoms with Crippen LogP contribution in [0.4, 0.5) is 17.1 Å². The van der Waals surface area contributed by atoms with Crippen molar-refractivity contribution in [2.75, 3.05) is 4.90 Å². The van der Waals surface area contributed by atoms with E-state index >= 15 is 0 Å². The molecule has 280 valence electrons. The lowest BCUT2D eigenvalue weighted by atomic mass is 9.84. The van der Waals surface area contributed by atoms with Gasteiger partial charge in [-0.3, -0.25) is 0 Å². The van der Waals surface area contributed by atoms with Crippen LogP contribution in [-0.2, 0) is 0 Å². The molecule has 0 aliphatic carbocycles. The van der Waals surface area contributed by atoms with Gasteiger partial charge >= 0.3 is 0 Å². The van der Waals surface area contributed by atoms with Crippen molar-refractivity contribution in [3.63, 3.8) is 0 Å². The molecule has 12 rings (SSSR count). The Kier molecular flexibility index (Phi) is 7.89. The highest BCUT2D eigenvalue weighted by atomic mass is 16.3. The molecular weight excluding hydrogens is 727 g/mol. The molecule has 0 aliphatic heterocycles. The smallest absolute Gasteiger partial charge is 0.135 e. The Hall–Kier alpha value is -7.94. The molecule has 60 heavy (non-hydrogen) atoms. The minimum atomic E-state index is 0.879. The molecular formula is C58H37NO. The first-order chi connectivity index (χ1) is 29.8. The van der Waals surface area contributed by atoms with E-state index in [0.717, 1.165) is 50.1 Å². The quantitative estimate of drug-likeness (QED) is 0.157. The second kappa shape index (κ2) is 13.9. The molecule has 2 heteroatoms. The van der Waals surface area contributed by atoms with E-state index in [1.807, 2.05) is 12.1 Å². The van der Waals surface area contributed by atoms with Gasteiger partial charge in [0.1, 0.15) is 11.2 Å². The van der Waals surface area contributed by atoms with Crippen LogP contribution in [0.3, 0.4) is 0 Å². The molecule has 0 bridgehead atoms. The van der Waals surface area contributed by atoms with Gasteiger partial charge in [-0.05, 0) is 120 Å². The van der Waals surface area contributed by atoms with Crippen molar-refractivity contribution >= 4 is 82.1 Å².